The van der Waals surface area contributed by atoms with E-state index in [1.165, 1.54) is 23.6 Å². The van der Waals surface area contributed by atoms with Crippen LogP contribution in [0.4, 0.5) is 16.0 Å². The average molecular weight is 899 g/mol. The van der Waals surface area contributed by atoms with Crippen LogP contribution < -0.4 is 21.1 Å². The highest BCUT2D eigenvalue weighted by Gasteiger charge is 2.48. The SMILES string of the molecule is CCC(c1cccc(-c2nc(C3CCN(C(=O)CN4CCC5(CC4)CN(c4ccc6c(c4)C(=O)N(C4CCC(=O)NC4=O)C6=O)C5)CC3)sc2-c2ccnc(N)n2)c1F)S(N)(=O)=O. The molecule has 0 saturated carbocycles. The van der Waals surface area contributed by atoms with Crippen LogP contribution in [0.25, 0.3) is 21.8 Å². The number of nitrogens with two attached hydrogens (primary N) is 2. The standard InChI is InChI=1S/C43H47FN10O7S2/c1-2-32(63(46,60)61)27-4-3-5-28(35(27)44)36-37(30-10-15-47-42(45)48-30)62-39(50-36)24-11-16-52(17-12-24)34(56)21-51-18-13-43(14-19-51)22-53(23-43)25-6-7-26-29(20-25)41(59)54(40(26)58)31-8-9-33(55)49-38(31)57/h3-7,10,15,20,24,31-32H,2,8-9,11-14,16-19,21-23H2,1H3,(H2,45,47,48)(H2,46,60,61)(H,49,55,57). The Morgan fingerprint density at radius 3 is 2.38 bits per heavy atom. The number of nitrogens with zero attached hydrogens (tertiary/aromatic N) is 7. The van der Waals surface area contributed by atoms with Gasteiger partial charge in [-0.05, 0) is 81.9 Å². The van der Waals surface area contributed by atoms with E-state index in [0.29, 0.717) is 48.7 Å². The van der Waals surface area contributed by atoms with E-state index in [1.54, 1.807) is 37.3 Å². The van der Waals surface area contributed by atoms with Gasteiger partial charge in [0.1, 0.15) is 17.1 Å². The fraction of sp³-hybridized carbons (Fsp3) is 0.442. The van der Waals surface area contributed by atoms with Gasteiger partial charge in [0.15, 0.2) is 0 Å². The van der Waals surface area contributed by atoms with Gasteiger partial charge in [0.05, 0.1) is 38.9 Å². The zero-order valence-corrected chi connectivity index (χ0v) is 36.2. The summed E-state index contributed by atoms with van der Waals surface area (Å²) in [6.07, 6.45) is 4.93. The molecule has 5 amide bonds. The normalized spacial score (nSPS) is 21.1. The topological polar surface area (TPSA) is 235 Å². The molecule has 4 saturated heterocycles. The van der Waals surface area contributed by atoms with Crippen molar-refractivity contribution in [3.63, 3.8) is 0 Å². The molecule has 0 radical (unpaired) electrons. The largest absolute Gasteiger partial charge is 0.370 e. The number of piperidine rings is 3. The van der Waals surface area contributed by atoms with Gasteiger partial charge in [0.25, 0.3) is 11.8 Å². The third kappa shape index (κ3) is 7.97. The molecule has 7 heterocycles. The van der Waals surface area contributed by atoms with E-state index in [1.807, 2.05) is 11.0 Å². The molecule has 2 aromatic carbocycles. The van der Waals surface area contributed by atoms with Crippen molar-refractivity contribution in [2.45, 2.75) is 69.1 Å². The van der Waals surface area contributed by atoms with Crippen molar-refractivity contribution in [2.24, 2.45) is 10.6 Å². The molecular formula is C43H47FN10O7S2. The Morgan fingerprint density at radius 1 is 0.968 bits per heavy atom. The van der Waals surface area contributed by atoms with Crippen molar-refractivity contribution >= 4 is 62.5 Å². The number of rotatable bonds is 10. The first-order valence-corrected chi connectivity index (χ1v) is 23.6. The molecular weight excluding hydrogens is 852 g/mol. The third-order valence-electron chi connectivity index (χ3n) is 13.3. The molecule has 2 aromatic heterocycles. The number of aromatic nitrogens is 3. The molecule has 2 atom stereocenters. The number of likely N-dealkylation sites (tertiary alicyclic amines) is 2. The van der Waals surface area contributed by atoms with Gasteiger partial charge in [-0.2, -0.15) is 0 Å². The molecule has 0 bridgehead atoms. The second-order valence-corrected chi connectivity index (χ2v) is 20.0. The molecule has 63 heavy (non-hydrogen) atoms. The Kier molecular flexibility index (Phi) is 11.1. The van der Waals surface area contributed by atoms with Gasteiger partial charge in [-0.25, -0.2) is 32.9 Å². The molecule has 4 aromatic rings. The number of carbonyl (C=O) groups excluding carboxylic acids is 5. The first kappa shape index (κ1) is 42.6. The van der Waals surface area contributed by atoms with E-state index in [9.17, 15) is 32.4 Å². The van der Waals surface area contributed by atoms with Gasteiger partial charge < -0.3 is 15.5 Å². The molecule has 330 valence electrons. The lowest BCUT2D eigenvalue weighted by atomic mass is 9.71. The minimum Gasteiger partial charge on any atom is -0.370 e. The number of hydrogen-bond acceptors (Lipinski definition) is 14. The maximum atomic E-state index is 16.3. The number of amides is 5. The second-order valence-electron chi connectivity index (χ2n) is 17.2. The zero-order chi connectivity index (χ0) is 44.4. The Morgan fingerprint density at radius 2 is 1.70 bits per heavy atom. The number of nitrogen functional groups attached to an aromatic ring is 1. The second kappa shape index (κ2) is 16.5. The van der Waals surface area contributed by atoms with Crippen LogP contribution in [-0.2, 0) is 24.4 Å². The zero-order valence-electron chi connectivity index (χ0n) is 34.6. The van der Waals surface area contributed by atoms with Crippen LogP contribution >= 0.6 is 11.3 Å². The van der Waals surface area contributed by atoms with Crippen molar-refractivity contribution < 1.29 is 36.8 Å². The molecule has 1 spiro atoms. The summed E-state index contributed by atoms with van der Waals surface area (Å²) in [6, 6.07) is 10.5. The highest BCUT2D eigenvalue weighted by Crippen LogP contribution is 2.45. The van der Waals surface area contributed by atoms with Crippen LogP contribution in [0.3, 0.4) is 0 Å². The molecule has 0 aliphatic carbocycles. The summed E-state index contributed by atoms with van der Waals surface area (Å²) in [7, 11) is -4.08. The molecule has 17 nitrogen and oxygen atoms in total. The van der Waals surface area contributed by atoms with Gasteiger partial charge in [-0.1, -0.05) is 19.1 Å². The lowest BCUT2D eigenvalue weighted by molar-refractivity contribution is -0.136. The van der Waals surface area contributed by atoms with Gasteiger partial charge in [-0.15, -0.1) is 11.3 Å². The summed E-state index contributed by atoms with van der Waals surface area (Å²) in [5.74, 6) is -2.70. The van der Waals surface area contributed by atoms with Crippen LogP contribution in [0.5, 0.6) is 0 Å². The van der Waals surface area contributed by atoms with Gasteiger partial charge in [0.2, 0.25) is 33.7 Å². The van der Waals surface area contributed by atoms with Crippen molar-refractivity contribution in [3.05, 3.63) is 76.2 Å². The van der Waals surface area contributed by atoms with Crippen LogP contribution in [0.15, 0.2) is 48.7 Å². The Hall–Kier alpha value is -5.70. The van der Waals surface area contributed by atoms with Gasteiger partial charge in [0, 0.05) is 66.9 Å². The molecule has 4 fully saturated rings. The smallest absolute Gasteiger partial charge is 0.262 e. The third-order valence-corrected chi connectivity index (χ3v) is 15.9. The Bertz CT molecular complexity index is 2650. The number of carbonyl (C=O) groups is 5. The highest BCUT2D eigenvalue weighted by atomic mass is 32.2. The fourth-order valence-electron chi connectivity index (χ4n) is 9.75. The van der Waals surface area contributed by atoms with Crippen molar-refractivity contribution in [1.82, 2.24) is 35.0 Å². The number of imide groups is 2. The van der Waals surface area contributed by atoms with Crippen LogP contribution in [0.2, 0.25) is 0 Å². The van der Waals surface area contributed by atoms with E-state index in [2.05, 4.69) is 25.1 Å². The number of sulfonamides is 1. The van der Waals surface area contributed by atoms with E-state index >= 15 is 4.39 Å². The molecule has 20 heteroatoms. The number of hydrogen-bond donors (Lipinski definition) is 3. The number of thiazole rings is 1. The Labute approximate surface area is 367 Å². The molecule has 5 aliphatic rings. The average Bonchev–Trinajstić information content (AvgIpc) is 3.79. The lowest BCUT2D eigenvalue weighted by Crippen LogP contribution is -2.61. The minimum absolute atomic E-state index is 0.00486. The number of primary sulfonamides is 1. The maximum absolute atomic E-state index is 16.3. The van der Waals surface area contributed by atoms with Gasteiger partial charge in [-0.3, -0.25) is 39.1 Å². The number of anilines is 2. The predicted octanol–water partition coefficient (Wildman–Crippen LogP) is 3.44. The summed E-state index contributed by atoms with van der Waals surface area (Å²) in [6.45, 7) is 6.17. The van der Waals surface area contributed by atoms with E-state index < -0.39 is 50.8 Å². The lowest BCUT2D eigenvalue weighted by Gasteiger charge is -2.55. The summed E-state index contributed by atoms with van der Waals surface area (Å²) < 4.78 is 41.0. The summed E-state index contributed by atoms with van der Waals surface area (Å²) in [5, 5.41) is 7.25. The molecule has 5 aliphatic heterocycles. The number of fused-ring (bicyclic) bond motifs is 1. The fourth-order valence-corrected chi connectivity index (χ4v) is 12.0. The van der Waals surface area contributed by atoms with Crippen LogP contribution in [0, 0.1) is 11.2 Å². The monoisotopic (exact) mass is 898 g/mol. The molecule has 5 N–H and O–H groups in total. The predicted molar refractivity (Wildman–Crippen MR) is 231 cm³/mol. The van der Waals surface area contributed by atoms with Crippen LogP contribution in [-0.4, -0.2) is 119 Å². The van der Waals surface area contributed by atoms with Gasteiger partial charge >= 0.3 is 0 Å². The van der Waals surface area contributed by atoms with E-state index in [0.717, 1.165) is 54.6 Å². The Balaban J connectivity index is 0.802. The first-order valence-electron chi connectivity index (χ1n) is 21.1. The molecule has 9 rings (SSSR count). The number of benzene rings is 2. The minimum atomic E-state index is -4.08. The van der Waals surface area contributed by atoms with Crippen molar-refractivity contribution in [1.29, 1.82) is 0 Å². The quantitative estimate of drug-likeness (QED) is 0.194. The summed E-state index contributed by atoms with van der Waals surface area (Å²) in [5.41, 5.74) is 8.27. The summed E-state index contributed by atoms with van der Waals surface area (Å²) in [4.78, 5) is 85.4. The number of halogens is 1. The summed E-state index contributed by atoms with van der Waals surface area (Å²) >= 11 is 1.38. The first-order chi connectivity index (χ1) is 30.1. The highest BCUT2D eigenvalue weighted by molar-refractivity contribution is 7.89. The van der Waals surface area contributed by atoms with E-state index in [-0.39, 0.29) is 64.7 Å². The van der Waals surface area contributed by atoms with E-state index in [4.69, 9.17) is 15.9 Å². The van der Waals surface area contributed by atoms with Crippen LogP contribution in [0.1, 0.15) is 94.3 Å². The van der Waals surface area contributed by atoms with Crippen molar-refractivity contribution in [3.8, 4) is 21.8 Å². The van der Waals surface area contributed by atoms with Crippen molar-refractivity contribution in [2.75, 3.05) is 56.4 Å². The maximum Gasteiger partial charge on any atom is 0.262 e. The number of nitrogens with one attached hydrogen (secondary N) is 1. The molecule has 2 unspecified atom stereocenters.